The number of amides is 1. The number of hydrogen-bond acceptors (Lipinski definition) is 3. The van der Waals surface area contributed by atoms with Crippen LogP contribution in [0.3, 0.4) is 0 Å². The van der Waals surface area contributed by atoms with Crippen LogP contribution in [0.25, 0.3) is 22.4 Å². The standard InChI is InChI=1S/C20H17N3O3/c24-19(15-7-8-17(23-20(15)25)18-6-3-11-26-18)21-10-9-13-12-22-16-5-2-1-4-14(13)16/h1-8,11-12,22H,9-10H2,(H,21,24)(H,23,25). The Morgan fingerprint density at radius 2 is 1.96 bits per heavy atom. The van der Waals surface area contributed by atoms with Crippen LogP contribution in [0, 0.1) is 0 Å². The van der Waals surface area contributed by atoms with Crippen molar-refractivity contribution in [2.75, 3.05) is 6.54 Å². The van der Waals surface area contributed by atoms with Gasteiger partial charge in [0.1, 0.15) is 11.3 Å². The van der Waals surface area contributed by atoms with Gasteiger partial charge < -0.3 is 19.7 Å². The minimum atomic E-state index is -0.441. The first-order valence-corrected chi connectivity index (χ1v) is 8.33. The van der Waals surface area contributed by atoms with E-state index in [-0.39, 0.29) is 5.56 Å². The molecular weight excluding hydrogens is 330 g/mol. The first-order chi connectivity index (χ1) is 12.7. The minimum Gasteiger partial charge on any atom is -0.463 e. The summed E-state index contributed by atoms with van der Waals surface area (Å²) in [6.45, 7) is 0.445. The van der Waals surface area contributed by atoms with Gasteiger partial charge in [0.15, 0.2) is 0 Å². The van der Waals surface area contributed by atoms with Crippen molar-refractivity contribution in [3.63, 3.8) is 0 Å². The maximum absolute atomic E-state index is 12.3. The van der Waals surface area contributed by atoms with Crippen molar-refractivity contribution in [3.8, 4) is 11.5 Å². The molecule has 0 atom stereocenters. The molecule has 0 saturated heterocycles. The lowest BCUT2D eigenvalue weighted by Gasteiger charge is -2.05. The first kappa shape index (κ1) is 16.0. The van der Waals surface area contributed by atoms with Crippen LogP contribution in [-0.2, 0) is 6.42 Å². The molecule has 0 saturated carbocycles. The van der Waals surface area contributed by atoms with Crippen LogP contribution in [-0.4, -0.2) is 22.4 Å². The largest absolute Gasteiger partial charge is 0.463 e. The summed E-state index contributed by atoms with van der Waals surface area (Å²) in [5.74, 6) is 0.158. The van der Waals surface area contributed by atoms with Gasteiger partial charge in [-0.3, -0.25) is 9.59 Å². The Balaban J connectivity index is 1.43. The third-order valence-electron chi connectivity index (χ3n) is 4.30. The van der Waals surface area contributed by atoms with E-state index in [0.717, 1.165) is 16.5 Å². The lowest BCUT2D eigenvalue weighted by Crippen LogP contribution is -2.31. The second-order valence-corrected chi connectivity index (χ2v) is 5.96. The molecule has 6 nitrogen and oxygen atoms in total. The summed E-state index contributed by atoms with van der Waals surface area (Å²) in [5, 5.41) is 3.94. The molecule has 0 aliphatic heterocycles. The van der Waals surface area contributed by atoms with Crippen molar-refractivity contribution in [3.05, 3.63) is 82.5 Å². The summed E-state index contributed by atoms with van der Waals surface area (Å²) >= 11 is 0. The molecule has 1 amide bonds. The van der Waals surface area contributed by atoms with Crippen LogP contribution in [0.1, 0.15) is 15.9 Å². The van der Waals surface area contributed by atoms with Gasteiger partial charge >= 0.3 is 0 Å². The lowest BCUT2D eigenvalue weighted by molar-refractivity contribution is 0.0952. The van der Waals surface area contributed by atoms with E-state index in [9.17, 15) is 9.59 Å². The van der Waals surface area contributed by atoms with Gasteiger partial charge in [0.25, 0.3) is 11.5 Å². The molecule has 0 spiro atoms. The summed E-state index contributed by atoms with van der Waals surface area (Å²) < 4.78 is 5.24. The number of H-pyrrole nitrogens is 2. The number of furan rings is 1. The average molecular weight is 347 g/mol. The minimum absolute atomic E-state index is 0.0826. The van der Waals surface area contributed by atoms with Gasteiger partial charge in [0.2, 0.25) is 0 Å². The second-order valence-electron chi connectivity index (χ2n) is 5.96. The topological polar surface area (TPSA) is 90.9 Å². The Kier molecular flexibility index (Phi) is 4.15. The van der Waals surface area contributed by atoms with E-state index >= 15 is 0 Å². The predicted molar refractivity (Wildman–Crippen MR) is 99.1 cm³/mol. The summed E-state index contributed by atoms with van der Waals surface area (Å²) in [5.41, 5.74) is 2.37. The Hall–Kier alpha value is -3.54. The monoisotopic (exact) mass is 347 g/mol. The number of fused-ring (bicyclic) bond motifs is 1. The molecular formula is C20H17N3O3. The fourth-order valence-electron chi connectivity index (χ4n) is 2.97. The highest BCUT2D eigenvalue weighted by atomic mass is 16.3. The molecule has 26 heavy (non-hydrogen) atoms. The van der Waals surface area contributed by atoms with Crippen LogP contribution < -0.4 is 10.9 Å². The van der Waals surface area contributed by atoms with E-state index in [1.165, 1.54) is 12.3 Å². The van der Waals surface area contributed by atoms with Crippen LogP contribution >= 0.6 is 0 Å². The van der Waals surface area contributed by atoms with Crippen LogP contribution in [0.4, 0.5) is 0 Å². The van der Waals surface area contributed by atoms with Crippen molar-refractivity contribution in [1.82, 2.24) is 15.3 Å². The quantitative estimate of drug-likeness (QED) is 0.518. The van der Waals surface area contributed by atoms with Gasteiger partial charge in [-0.25, -0.2) is 0 Å². The molecule has 0 aliphatic rings. The molecule has 4 rings (SSSR count). The number of pyridine rings is 1. The highest BCUT2D eigenvalue weighted by Crippen LogP contribution is 2.18. The molecule has 6 heteroatoms. The number of rotatable bonds is 5. The molecule has 3 aromatic heterocycles. The SMILES string of the molecule is O=C(NCCc1c[nH]c2ccccc12)c1ccc(-c2ccco2)[nH]c1=O. The van der Waals surface area contributed by atoms with Gasteiger partial charge in [-0.05, 0) is 42.3 Å². The van der Waals surface area contributed by atoms with Gasteiger partial charge in [-0.1, -0.05) is 18.2 Å². The Labute approximate surface area is 148 Å². The van der Waals surface area contributed by atoms with Gasteiger partial charge in [0.05, 0.1) is 12.0 Å². The number of carbonyl (C=O) groups is 1. The van der Waals surface area contributed by atoms with Crippen LogP contribution in [0.5, 0.6) is 0 Å². The molecule has 0 aliphatic carbocycles. The molecule has 130 valence electrons. The highest BCUT2D eigenvalue weighted by molar-refractivity contribution is 5.94. The summed E-state index contributed by atoms with van der Waals surface area (Å²) in [7, 11) is 0. The van der Waals surface area contributed by atoms with Crippen molar-refractivity contribution >= 4 is 16.8 Å². The van der Waals surface area contributed by atoms with E-state index in [0.29, 0.717) is 24.4 Å². The first-order valence-electron chi connectivity index (χ1n) is 8.33. The second kappa shape index (κ2) is 6.76. The Bertz CT molecular complexity index is 1110. The normalized spacial score (nSPS) is 10.9. The predicted octanol–water partition coefficient (Wildman–Crippen LogP) is 3.09. The van der Waals surface area contributed by atoms with Crippen LogP contribution in [0.2, 0.25) is 0 Å². The number of aromatic nitrogens is 2. The van der Waals surface area contributed by atoms with Crippen molar-refractivity contribution in [1.29, 1.82) is 0 Å². The zero-order valence-electron chi connectivity index (χ0n) is 13.9. The summed E-state index contributed by atoms with van der Waals surface area (Å²) in [4.78, 5) is 30.4. The fourth-order valence-corrected chi connectivity index (χ4v) is 2.97. The molecule has 1 aromatic carbocycles. The zero-order chi connectivity index (χ0) is 17.9. The van der Waals surface area contributed by atoms with Crippen molar-refractivity contribution in [2.24, 2.45) is 0 Å². The van der Waals surface area contributed by atoms with E-state index < -0.39 is 11.5 Å². The molecule has 3 N–H and O–H groups in total. The van der Waals surface area contributed by atoms with E-state index in [1.807, 2.05) is 30.5 Å². The zero-order valence-corrected chi connectivity index (χ0v) is 13.9. The number of para-hydroxylation sites is 1. The maximum atomic E-state index is 12.3. The molecule has 4 aromatic rings. The molecule has 0 bridgehead atoms. The van der Waals surface area contributed by atoms with E-state index in [2.05, 4.69) is 15.3 Å². The van der Waals surface area contributed by atoms with E-state index in [4.69, 9.17) is 4.42 Å². The smallest absolute Gasteiger partial charge is 0.261 e. The maximum Gasteiger partial charge on any atom is 0.261 e. The van der Waals surface area contributed by atoms with E-state index in [1.54, 1.807) is 18.2 Å². The van der Waals surface area contributed by atoms with Gasteiger partial charge in [0, 0.05) is 23.6 Å². The number of nitrogens with one attached hydrogen (secondary N) is 3. The molecule has 0 unspecified atom stereocenters. The fraction of sp³-hybridized carbons (Fsp3) is 0.100. The Morgan fingerprint density at radius 1 is 1.08 bits per heavy atom. The number of benzene rings is 1. The average Bonchev–Trinajstić information content (AvgIpc) is 3.32. The lowest BCUT2D eigenvalue weighted by atomic mass is 10.1. The van der Waals surface area contributed by atoms with Crippen molar-refractivity contribution in [2.45, 2.75) is 6.42 Å². The van der Waals surface area contributed by atoms with Gasteiger partial charge in [-0.2, -0.15) is 0 Å². The van der Waals surface area contributed by atoms with Crippen molar-refractivity contribution < 1.29 is 9.21 Å². The third-order valence-corrected chi connectivity index (χ3v) is 4.30. The molecule has 0 radical (unpaired) electrons. The Morgan fingerprint density at radius 3 is 2.77 bits per heavy atom. The summed E-state index contributed by atoms with van der Waals surface area (Å²) in [6, 6.07) is 14.7. The molecule has 0 fully saturated rings. The van der Waals surface area contributed by atoms with Crippen LogP contribution in [0.15, 0.2) is 70.2 Å². The molecule has 3 heterocycles. The number of carbonyl (C=O) groups excluding carboxylic acids is 1. The number of hydrogen-bond donors (Lipinski definition) is 3. The highest BCUT2D eigenvalue weighted by Gasteiger charge is 2.12. The third kappa shape index (κ3) is 3.04. The number of aromatic amines is 2. The summed E-state index contributed by atoms with van der Waals surface area (Å²) in [6.07, 6.45) is 4.15. The van der Waals surface area contributed by atoms with Gasteiger partial charge in [-0.15, -0.1) is 0 Å².